The van der Waals surface area contributed by atoms with Gasteiger partial charge in [0.05, 0.1) is 5.41 Å². The van der Waals surface area contributed by atoms with Crippen LogP contribution >= 0.6 is 0 Å². The molecule has 1 heterocycles. The smallest absolute Gasteiger partial charge is 0.408 e. The van der Waals surface area contributed by atoms with Crippen molar-refractivity contribution in [3.05, 3.63) is 23.9 Å². The number of nitrogens with one attached hydrogen (secondary N) is 2. The lowest BCUT2D eigenvalue weighted by Gasteiger charge is -2.61. The molecule has 4 fully saturated rings. The SMILES string of the molecule is Cc1cccc(NC(=O)C23CC4CC(CC(NC(=O)OC(C)(C)C)(C4)C2)C3)n1. The van der Waals surface area contributed by atoms with Crippen LogP contribution in [0.25, 0.3) is 0 Å². The fourth-order valence-electron chi connectivity index (χ4n) is 6.06. The third-order valence-electron chi connectivity index (χ3n) is 6.44. The van der Waals surface area contributed by atoms with Crippen LogP contribution in [0.15, 0.2) is 18.2 Å². The number of carbonyl (C=O) groups is 2. The van der Waals surface area contributed by atoms with E-state index in [0.29, 0.717) is 24.1 Å². The van der Waals surface area contributed by atoms with Gasteiger partial charge in [-0.1, -0.05) is 6.07 Å². The van der Waals surface area contributed by atoms with Crippen molar-refractivity contribution in [2.45, 2.75) is 77.4 Å². The molecular weight excluding hydrogens is 354 g/mol. The van der Waals surface area contributed by atoms with Crippen molar-refractivity contribution in [1.29, 1.82) is 0 Å². The summed E-state index contributed by atoms with van der Waals surface area (Å²) in [5, 5.41) is 6.23. The highest BCUT2D eigenvalue weighted by atomic mass is 16.6. The predicted octanol–water partition coefficient (Wildman–Crippen LogP) is 4.19. The monoisotopic (exact) mass is 385 g/mol. The van der Waals surface area contributed by atoms with Crippen molar-refractivity contribution in [2.24, 2.45) is 17.3 Å². The lowest BCUT2D eigenvalue weighted by atomic mass is 9.46. The molecule has 4 aliphatic rings. The van der Waals surface area contributed by atoms with Gasteiger partial charge in [-0.3, -0.25) is 4.79 Å². The Hall–Kier alpha value is -2.11. The number of ether oxygens (including phenoxy) is 1. The Morgan fingerprint density at radius 1 is 1.14 bits per heavy atom. The standard InChI is InChI=1S/C22H31N3O3/c1-14-6-5-7-17(23-14)24-18(26)21-9-15-8-16(10-21)12-22(11-15,13-21)25-19(27)28-20(2,3)4/h5-7,15-16H,8-13H2,1-4H3,(H,25,27)(H,23,24,26). The van der Waals surface area contributed by atoms with Crippen LogP contribution in [0.3, 0.4) is 0 Å². The molecule has 0 saturated heterocycles. The molecule has 0 aromatic carbocycles. The van der Waals surface area contributed by atoms with E-state index in [1.54, 1.807) is 0 Å². The van der Waals surface area contributed by atoms with E-state index < -0.39 is 11.0 Å². The number of rotatable bonds is 3. The molecule has 4 aliphatic carbocycles. The average molecular weight is 386 g/mol. The first-order valence-electron chi connectivity index (χ1n) is 10.3. The summed E-state index contributed by atoms with van der Waals surface area (Å²) in [6, 6.07) is 5.66. The fraction of sp³-hybridized carbons (Fsp3) is 0.682. The Morgan fingerprint density at radius 2 is 1.82 bits per heavy atom. The van der Waals surface area contributed by atoms with E-state index in [9.17, 15) is 9.59 Å². The zero-order valence-corrected chi connectivity index (χ0v) is 17.3. The highest BCUT2D eigenvalue weighted by Crippen LogP contribution is 2.62. The van der Waals surface area contributed by atoms with Gasteiger partial charge in [-0.05, 0) is 90.2 Å². The van der Waals surface area contributed by atoms with Crippen molar-refractivity contribution in [2.75, 3.05) is 5.32 Å². The van der Waals surface area contributed by atoms with Crippen LogP contribution in [-0.2, 0) is 9.53 Å². The molecule has 4 bridgehead atoms. The van der Waals surface area contributed by atoms with Gasteiger partial charge in [0.25, 0.3) is 0 Å². The van der Waals surface area contributed by atoms with Gasteiger partial charge in [0.15, 0.2) is 0 Å². The molecule has 2 atom stereocenters. The minimum Gasteiger partial charge on any atom is -0.444 e. The summed E-state index contributed by atoms with van der Waals surface area (Å²) in [5.74, 6) is 1.62. The third-order valence-corrected chi connectivity index (χ3v) is 6.44. The molecule has 0 radical (unpaired) electrons. The number of alkyl carbamates (subject to hydrolysis) is 1. The van der Waals surface area contributed by atoms with Crippen molar-refractivity contribution in [3.8, 4) is 0 Å². The lowest BCUT2D eigenvalue weighted by Crippen LogP contribution is -2.65. The van der Waals surface area contributed by atoms with Crippen LogP contribution in [0.5, 0.6) is 0 Å². The first-order chi connectivity index (χ1) is 13.1. The molecule has 152 valence electrons. The van der Waals surface area contributed by atoms with E-state index in [1.807, 2.05) is 45.9 Å². The first-order valence-corrected chi connectivity index (χ1v) is 10.3. The maximum absolute atomic E-state index is 13.3. The van der Waals surface area contributed by atoms with Crippen LogP contribution in [0.4, 0.5) is 10.6 Å². The molecule has 2 amide bonds. The highest BCUT2D eigenvalue weighted by molar-refractivity contribution is 5.95. The number of aryl methyl sites for hydroxylation is 1. The van der Waals surface area contributed by atoms with Crippen LogP contribution in [-0.4, -0.2) is 28.1 Å². The molecular formula is C22H31N3O3. The number of carbonyl (C=O) groups excluding carboxylic acids is 2. The Morgan fingerprint density at radius 3 is 2.43 bits per heavy atom. The molecule has 2 unspecified atom stereocenters. The van der Waals surface area contributed by atoms with Gasteiger partial charge in [0.2, 0.25) is 5.91 Å². The summed E-state index contributed by atoms with van der Waals surface area (Å²) >= 11 is 0. The molecule has 0 aliphatic heterocycles. The summed E-state index contributed by atoms with van der Waals surface area (Å²) in [6.07, 6.45) is 5.17. The summed E-state index contributed by atoms with van der Waals surface area (Å²) in [5.41, 5.74) is -0.404. The van der Waals surface area contributed by atoms with E-state index >= 15 is 0 Å². The van der Waals surface area contributed by atoms with Crippen LogP contribution < -0.4 is 10.6 Å². The topological polar surface area (TPSA) is 80.3 Å². The molecule has 1 aromatic heterocycles. The summed E-state index contributed by atoms with van der Waals surface area (Å²) in [6.45, 7) is 7.53. The normalized spacial score (nSPS) is 33.4. The summed E-state index contributed by atoms with van der Waals surface area (Å²) < 4.78 is 5.52. The Kier molecular flexibility index (Phi) is 4.43. The maximum Gasteiger partial charge on any atom is 0.408 e. The van der Waals surface area contributed by atoms with Crippen molar-refractivity contribution in [1.82, 2.24) is 10.3 Å². The number of hydrogen-bond acceptors (Lipinski definition) is 4. The predicted molar refractivity (Wildman–Crippen MR) is 107 cm³/mol. The number of nitrogens with zero attached hydrogens (tertiary/aromatic N) is 1. The second-order valence-electron chi connectivity index (χ2n) is 10.3. The molecule has 28 heavy (non-hydrogen) atoms. The van der Waals surface area contributed by atoms with Crippen LogP contribution in [0.2, 0.25) is 0 Å². The largest absolute Gasteiger partial charge is 0.444 e. The van der Waals surface area contributed by atoms with Gasteiger partial charge in [-0.15, -0.1) is 0 Å². The molecule has 4 saturated carbocycles. The second kappa shape index (κ2) is 6.46. The maximum atomic E-state index is 13.3. The van der Waals surface area contributed by atoms with Crippen molar-refractivity contribution in [3.63, 3.8) is 0 Å². The van der Waals surface area contributed by atoms with Gasteiger partial charge in [-0.2, -0.15) is 0 Å². The lowest BCUT2D eigenvalue weighted by molar-refractivity contribution is -0.144. The fourth-order valence-corrected chi connectivity index (χ4v) is 6.06. The first kappa shape index (κ1) is 19.2. The zero-order chi connectivity index (χ0) is 20.2. The quantitative estimate of drug-likeness (QED) is 0.817. The van der Waals surface area contributed by atoms with E-state index in [2.05, 4.69) is 15.6 Å². The van der Waals surface area contributed by atoms with Gasteiger partial charge >= 0.3 is 6.09 Å². The Bertz CT molecular complexity index is 784. The molecule has 6 heteroatoms. The van der Waals surface area contributed by atoms with E-state index in [-0.39, 0.29) is 17.5 Å². The molecule has 2 N–H and O–H groups in total. The molecule has 6 nitrogen and oxygen atoms in total. The summed E-state index contributed by atoms with van der Waals surface area (Å²) in [4.78, 5) is 30.3. The molecule has 1 aromatic rings. The van der Waals surface area contributed by atoms with Crippen LogP contribution in [0.1, 0.15) is 65.0 Å². The Labute approximate surface area is 166 Å². The van der Waals surface area contributed by atoms with Gasteiger partial charge in [0, 0.05) is 11.2 Å². The molecule has 0 spiro atoms. The number of anilines is 1. The number of pyridine rings is 1. The summed E-state index contributed by atoms with van der Waals surface area (Å²) in [7, 11) is 0. The Balaban J connectivity index is 1.53. The second-order valence-corrected chi connectivity index (χ2v) is 10.3. The highest BCUT2D eigenvalue weighted by Gasteiger charge is 2.61. The van der Waals surface area contributed by atoms with E-state index in [0.717, 1.165) is 37.8 Å². The zero-order valence-electron chi connectivity index (χ0n) is 17.3. The third kappa shape index (κ3) is 3.74. The van der Waals surface area contributed by atoms with E-state index in [4.69, 9.17) is 4.74 Å². The van der Waals surface area contributed by atoms with Crippen LogP contribution in [0, 0.1) is 24.2 Å². The minimum atomic E-state index is -0.529. The average Bonchev–Trinajstić information content (AvgIpc) is 2.50. The van der Waals surface area contributed by atoms with Gasteiger partial charge in [0.1, 0.15) is 11.4 Å². The minimum absolute atomic E-state index is 0.0510. The van der Waals surface area contributed by atoms with Crippen molar-refractivity contribution < 1.29 is 14.3 Å². The van der Waals surface area contributed by atoms with Gasteiger partial charge in [-0.25, -0.2) is 9.78 Å². The van der Waals surface area contributed by atoms with Gasteiger partial charge < -0.3 is 15.4 Å². The number of hydrogen-bond donors (Lipinski definition) is 2. The number of amides is 2. The molecule has 5 rings (SSSR count). The van der Waals surface area contributed by atoms with Crippen molar-refractivity contribution >= 4 is 17.8 Å². The number of aromatic nitrogens is 1. The van der Waals surface area contributed by atoms with E-state index in [1.165, 1.54) is 0 Å².